The summed E-state index contributed by atoms with van der Waals surface area (Å²) in [5.41, 5.74) is 1.45. The molecule has 1 N–H and O–H groups in total. The van der Waals surface area contributed by atoms with Crippen LogP contribution in [0.2, 0.25) is 0 Å². The number of hydrogen-bond donors (Lipinski definition) is 1. The van der Waals surface area contributed by atoms with Crippen LogP contribution in [0.4, 0.5) is 14.5 Å². The number of methoxy groups -OCH3 is 1. The van der Waals surface area contributed by atoms with Crippen molar-refractivity contribution in [3.63, 3.8) is 0 Å². The molecule has 3 heterocycles. The number of nitrogens with one attached hydrogen (secondary N) is 1. The Balaban J connectivity index is 1.54. The van der Waals surface area contributed by atoms with Gasteiger partial charge in [0.2, 0.25) is 0 Å². The second-order valence-electron chi connectivity index (χ2n) is 5.89. The summed E-state index contributed by atoms with van der Waals surface area (Å²) in [6.07, 6.45) is 2.29. The molecular formula is C18H16F2N6OS. The normalized spacial score (nSPS) is 11.3. The van der Waals surface area contributed by atoms with E-state index >= 15 is 0 Å². The number of aryl methyl sites for hydroxylation is 1. The van der Waals surface area contributed by atoms with Crippen LogP contribution in [0.3, 0.4) is 0 Å². The molecule has 0 saturated heterocycles. The third kappa shape index (κ3) is 3.38. The highest BCUT2D eigenvalue weighted by molar-refractivity contribution is 8.00. The third-order valence-corrected chi connectivity index (χ3v) is 4.93. The van der Waals surface area contributed by atoms with E-state index in [0.717, 1.165) is 21.5 Å². The smallest absolute Gasteiger partial charge is 0.282 e. The van der Waals surface area contributed by atoms with Gasteiger partial charge in [-0.15, -0.1) is 0 Å². The summed E-state index contributed by atoms with van der Waals surface area (Å²) >= 11 is 1.36. The first-order valence-electron chi connectivity index (χ1n) is 8.28. The highest BCUT2D eigenvalue weighted by Crippen LogP contribution is 2.36. The minimum atomic E-state index is -2.61. The lowest BCUT2D eigenvalue weighted by atomic mass is 10.2. The number of halogens is 2. The molecule has 0 aliphatic heterocycles. The van der Waals surface area contributed by atoms with E-state index in [1.807, 2.05) is 25.2 Å². The molecule has 0 bridgehead atoms. The second-order valence-corrected chi connectivity index (χ2v) is 6.77. The number of nitrogens with zero attached hydrogens (tertiary/aromatic N) is 5. The molecule has 0 saturated carbocycles. The fraction of sp³-hybridized carbons (Fsp3) is 0.167. The maximum Gasteiger partial charge on any atom is 0.282 e. The van der Waals surface area contributed by atoms with Crippen LogP contribution in [0, 0.1) is 0 Å². The minimum Gasteiger partial charge on any atom is -0.494 e. The Bertz CT molecular complexity index is 1110. The maximum absolute atomic E-state index is 12.7. The second kappa shape index (κ2) is 7.47. The van der Waals surface area contributed by atoms with E-state index < -0.39 is 6.43 Å². The zero-order valence-electron chi connectivity index (χ0n) is 15.0. The van der Waals surface area contributed by atoms with Crippen LogP contribution in [0.1, 0.15) is 12.1 Å². The summed E-state index contributed by atoms with van der Waals surface area (Å²) in [5.74, 6) is 1.16. The minimum absolute atomic E-state index is 0.279. The molecular weight excluding hydrogens is 386 g/mol. The van der Waals surface area contributed by atoms with Crippen molar-refractivity contribution in [2.45, 2.75) is 11.3 Å². The summed E-state index contributed by atoms with van der Waals surface area (Å²) in [6.45, 7) is 0. The summed E-state index contributed by atoms with van der Waals surface area (Å²) in [4.78, 5) is 5.13. The number of aromatic nitrogens is 5. The number of pyridine rings is 1. The lowest BCUT2D eigenvalue weighted by molar-refractivity contribution is 0.145. The summed E-state index contributed by atoms with van der Waals surface area (Å²) < 4.78 is 37.2. The highest BCUT2D eigenvalue weighted by atomic mass is 32.2. The number of anilines is 1. The molecule has 3 aromatic heterocycles. The Morgan fingerprint density at radius 1 is 1.14 bits per heavy atom. The third-order valence-electron chi connectivity index (χ3n) is 4.14. The van der Waals surface area contributed by atoms with Crippen LogP contribution in [0.25, 0.3) is 16.7 Å². The summed E-state index contributed by atoms with van der Waals surface area (Å²) in [5, 5.41) is 9.10. The summed E-state index contributed by atoms with van der Waals surface area (Å²) in [6, 6.07) is 8.66. The van der Waals surface area contributed by atoms with Crippen LogP contribution in [-0.2, 0) is 7.05 Å². The van der Waals surface area contributed by atoms with Crippen LogP contribution < -0.4 is 9.46 Å². The highest BCUT2D eigenvalue weighted by Gasteiger charge is 2.14. The Morgan fingerprint density at radius 3 is 2.68 bits per heavy atom. The van der Waals surface area contributed by atoms with E-state index in [1.54, 1.807) is 30.3 Å². The van der Waals surface area contributed by atoms with Crippen molar-refractivity contribution in [1.29, 1.82) is 0 Å². The maximum atomic E-state index is 12.7. The van der Waals surface area contributed by atoms with Gasteiger partial charge in [-0.2, -0.15) is 10.2 Å². The Morgan fingerprint density at radius 2 is 2.00 bits per heavy atom. The largest absolute Gasteiger partial charge is 0.494 e. The van der Waals surface area contributed by atoms with Gasteiger partial charge in [-0.05, 0) is 42.3 Å². The van der Waals surface area contributed by atoms with Crippen molar-refractivity contribution in [1.82, 2.24) is 24.5 Å². The summed E-state index contributed by atoms with van der Waals surface area (Å²) in [7, 11) is 3.48. The van der Waals surface area contributed by atoms with Gasteiger partial charge in [0.1, 0.15) is 17.1 Å². The van der Waals surface area contributed by atoms with Crippen LogP contribution in [0.5, 0.6) is 5.75 Å². The van der Waals surface area contributed by atoms with Gasteiger partial charge in [0, 0.05) is 29.7 Å². The molecule has 4 aromatic rings. The van der Waals surface area contributed by atoms with Gasteiger partial charge < -0.3 is 9.46 Å². The number of alkyl halides is 2. The van der Waals surface area contributed by atoms with Gasteiger partial charge in [0.05, 0.1) is 18.8 Å². The molecule has 0 aliphatic rings. The first-order valence-corrected chi connectivity index (χ1v) is 9.10. The van der Waals surface area contributed by atoms with Crippen molar-refractivity contribution in [2.75, 3.05) is 11.8 Å². The molecule has 144 valence electrons. The molecule has 4 rings (SSSR count). The Kier molecular flexibility index (Phi) is 4.86. The van der Waals surface area contributed by atoms with E-state index in [1.165, 1.54) is 28.9 Å². The van der Waals surface area contributed by atoms with E-state index in [0.29, 0.717) is 11.6 Å². The predicted molar refractivity (Wildman–Crippen MR) is 103 cm³/mol. The number of fused-ring (bicyclic) bond motifs is 1. The fourth-order valence-electron chi connectivity index (χ4n) is 2.78. The molecule has 0 unspecified atom stereocenters. The molecule has 7 nitrogen and oxygen atoms in total. The quantitative estimate of drug-likeness (QED) is 0.487. The van der Waals surface area contributed by atoms with Crippen molar-refractivity contribution in [2.24, 2.45) is 7.05 Å². The molecule has 0 radical (unpaired) electrons. The average Bonchev–Trinajstić information content (AvgIpc) is 3.34. The number of benzene rings is 1. The van der Waals surface area contributed by atoms with Gasteiger partial charge in [-0.25, -0.2) is 18.4 Å². The molecule has 0 aliphatic carbocycles. The Hall–Kier alpha value is -3.14. The van der Waals surface area contributed by atoms with Gasteiger partial charge in [-0.1, -0.05) is 0 Å². The van der Waals surface area contributed by atoms with Crippen molar-refractivity contribution in [3.05, 3.63) is 54.6 Å². The first-order chi connectivity index (χ1) is 13.6. The fourth-order valence-corrected chi connectivity index (χ4v) is 3.44. The number of rotatable bonds is 6. The molecule has 0 atom stereocenters. The average molecular weight is 402 g/mol. The van der Waals surface area contributed by atoms with Crippen molar-refractivity contribution < 1.29 is 13.5 Å². The molecule has 1 aromatic carbocycles. The van der Waals surface area contributed by atoms with Gasteiger partial charge in [0.15, 0.2) is 5.82 Å². The lowest BCUT2D eigenvalue weighted by Crippen LogP contribution is -2.00. The van der Waals surface area contributed by atoms with Crippen molar-refractivity contribution in [3.8, 4) is 11.6 Å². The SMILES string of the molecule is COc1ccc2cnn(C)c2c1NSc1ccc(-n2ccc(C(F)F)n2)nc1. The molecule has 0 spiro atoms. The van der Waals surface area contributed by atoms with Crippen molar-refractivity contribution >= 4 is 28.5 Å². The van der Waals surface area contributed by atoms with Gasteiger partial charge in [-0.3, -0.25) is 4.68 Å². The zero-order chi connectivity index (χ0) is 19.7. The Labute approximate surface area is 163 Å². The topological polar surface area (TPSA) is 69.8 Å². The van der Waals surface area contributed by atoms with Gasteiger partial charge in [0.25, 0.3) is 6.43 Å². The molecule has 10 heteroatoms. The standard InChI is InChI=1S/C18H16F2N6OS/c1-25-17-11(9-22-25)3-5-14(27-2)16(17)24-28-12-4-6-15(21-10-12)26-8-7-13(23-26)18(19)20/h3-10,18,24H,1-2H3. The van der Waals surface area contributed by atoms with Crippen LogP contribution >= 0.6 is 11.9 Å². The van der Waals surface area contributed by atoms with Crippen LogP contribution in [-0.4, -0.2) is 31.7 Å². The zero-order valence-corrected chi connectivity index (χ0v) is 15.8. The van der Waals surface area contributed by atoms with E-state index in [2.05, 4.69) is 19.9 Å². The molecule has 0 fully saturated rings. The first kappa shape index (κ1) is 18.2. The predicted octanol–water partition coefficient (Wildman–Crippen LogP) is 4.22. The van der Waals surface area contributed by atoms with E-state index in [9.17, 15) is 8.78 Å². The lowest BCUT2D eigenvalue weighted by Gasteiger charge is -2.12. The van der Waals surface area contributed by atoms with Crippen LogP contribution in [0.15, 0.2) is 53.8 Å². The van der Waals surface area contributed by atoms with E-state index in [4.69, 9.17) is 4.74 Å². The molecule has 0 amide bonds. The monoisotopic (exact) mass is 402 g/mol. The van der Waals surface area contributed by atoms with Gasteiger partial charge >= 0.3 is 0 Å². The van der Waals surface area contributed by atoms with E-state index in [-0.39, 0.29) is 5.69 Å². The number of ether oxygens (including phenoxy) is 1. The molecule has 28 heavy (non-hydrogen) atoms. The number of hydrogen-bond acceptors (Lipinski definition) is 6.